The van der Waals surface area contributed by atoms with Crippen molar-refractivity contribution in [3.05, 3.63) is 46.3 Å². The van der Waals surface area contributed by atoms with E-state index in [0.717, 1.165) is 16.9 Å². The van der Waals surface area contributed by atoms with E-state index in [0.29, 0.717) is 23.1 Å². The van der Waals surface area contributed by atoms with Crippen LogP contribution in [0.1, 0.15) is 12.5 Å². The van der Waals surface area contributed by atoms with Gasteiger partial charge < -0.3 is 5.73 Å². The summed E-state index contributed by atoms with van der Waals surface area (Å²) in [5.41, 5.74) is 7.20. The van der Waals surface area contributed by atoms with Crippen LogP contribution < -0.4 is 5.73 Å². The summed E-state index contributed by atoms with van der Waals surface area (Å²) < 4.78 is 27.2. The molecule has 0 spiro atoms. The molecule has 0 aliphatic heterocycles. The molecular formula is C13H15ClN2O2S2. The lowest BCUT2D eigenvalue weighted by atomic mass is 10.2. The van der Waals surface area contributed by atoms with Crippen LogP contribution in [0.2, 0.25) is 4.34 Å². The predicted molar refractivity (Wildman–Crippen MR) is 83.5 cm³/mol. The molecule has 0 aliphatic carbocycles. The van der Waals surface area contributed by atoms with E-state index in [1.807, 2.05) is 12.1 Å². The molecule has 1 heterocycles. The Balaban J connectivity index is 2.28. The van der Waals surface area contributed by atoms with Gasteiger partial charge in [0, 0.05) is 18.8 Å². The number of benzene rings is 1. The maximum atomic E-state index is 12.5. The fourth-order valence-electron chi connectivity index (χ4n) is 1.83. The van der Waals surface area contributed by atoms with Crippen molar-refractivity contribution >= 4 is 38.6 Å². The second-order valence-corrected chi connectivity index (χ2v) is 8.11. The van der Waals surface area contributed by atoms with Crippen LogP contribution in [0.4, 0.5) is 5.69 Å². The minimum atomic E-state index is -3.51. The van der Waals surface area contributed by atoms with E-state index in [1.165, 1.54) is 10.4 Å². The molecule has 0 bridgehead atoms. The zero-order valence-electron chi connectivity index (χ0n) is 10.9. The zero-order valence-corrected chi connectivity index (χ0v) is 13.3. The van der Waals surface area contributed by atoms with Crippen LogP contribution in [0, 0.1) is 0 Å². The standard InChI is InChI=1S/C13H15ClN2O2S2/c1-2-16(9-10-4-3-5-11(15)8-10)20(17,18)13-7-6-12(14)19-13/h3-8H,2,9,15H2,1H3. The summed E-state index contributed by atoms with van der Waals surface area (Å²) in [4.78, 5) is 0. The second-order valence-electron chi connectivity index (χ2n) is 4.23. The summed E-state index contributed by atoms with van der Waals surface area (Å²) in [5, 5.41) is 0. The van der Waals surface area contributed by atoms with Gasteiger partial charge in [0.2, 0.25) is 0 Å². The highest BCUT2D eigenvalue weighted by Crippen LogP contribution is 2.28. The molecule has 0 saturated carbocycles. The van der Waals surface area contributed by atoms with Gasteiger partial charge in [0.25, 0.3) is 10.0 Å². The van der Waals surface area contributed by atoms with Crippen molar-refractivity contribution < 1.29 is 8.42 Å². The average molecular weight is 331 g/mol. The van der Waals surface area contributed by atoms with Crippen LogP contribution in [0.5, 0.6) is 0 Å². The lowest BCUT2D eigenvalue weighted by molar-refractivity contribution is 0.425. The molecule has 2 rings (SSSR count). The van der Waals surface area contributed by atoms with Gasteiger partial charge in [-0.1, -0.05) is 30.7 Å². The first-order valence-electron chi connectivity index (χ1n) is 6.03. The topological polar surface area (TPSA) is 63.4 Å². The smallest absolute Gasteiger partial charge is 0.252 e. The molecule has 7 heteroatoms. The summed E-state index contributed by atoms with van der Waals surface area (Å²) in [7, 11) is -3.51. The summed E-state index contributed by atoms with van der Waals surface area (Å²) >= 11 is 6.88. The number of nitrogens with two attached hydrogens (primary N) is 1. The molecule has 0 amide bonds. The number of anilines is 1. The number of nitrogens with zero attached hydrogens (tertiary/aromatic N) is 1. The van der Waals surface area contributed by atoms with Crippen molar-refractivity contribution in [1.82, 2.24) is 4.31 Å². The van der Waals surface area contributed by atoms with Crippen molar-refractivity contribution in [2.45, 2.75) is 17.7 Å². The summed E-state index contributed by atoms with van der Waals surface area (Å²) in [6, 6.07) is 10.3. The van der Waals surface area contributed by atoms with E-state index < -0.39 is 10.0 Å². The van der Waals surface area contributed by atoms with Crippen LogP contribution in [-0.2, 0) is 16.6 Å². The van der Waals surface area contributed by atoms with E-state index in [4.69, 9.17) is 17.3 Å². The molecule has 20 heavy (non-hydrogen) atoms. The van der Waals surface area contributed by atoms with Crippen LogP contribution in [-0.4, -0.2) is 19.3 Å². The minimum Gasteiger partial charge on any atom is -0.399 e. The predicted octanol–water partition coefficient (Wildman–Crippen LogP) is 3.19. The lowest BCUT2D eigenvalue weighted by Crippen LogP contribution is -2.29. The Morgan fingerprint density at radius 3 is 2.60 bits per heavy atom. The Kier molecular flexibility index (Phi) is 4.70. The van der Waals surface area contributed by atoms with E-state index in [1.54, 1.807) is 25.1 Å². The monoisotopic (exact) mass is 330 g/mol. The van der Waals surface area contributed by atoms with E-state index in [2.05, 4.69) is 0 Å². The molecule has 1 aromatic heterocycles. The van der Waals surface area contributed by atoms with Crippen LogP contribution in [0.3, 0.4) is 0 Å². The number of sulfonamides is 1. The van der Waals surface area contributed by atoms with Crippen molar-refractivity contribution in [1.29, 1.82) is 0 Å². The summed E-state index contributed by atoms with van der Waals surface area (Å²) in [5.74, 6) is 0. The maximum Gasteiger partial charge on any atom is 0.252 e. The number of rotatable bonds is 5. The van der Waals surface area contributed by atoms with Gasteiger partial charge in [0.05, 0.1) is 4.34 Å². The number of hydrogen-bond acceptors (Lipinski definition) is 4. The van der Waals surface area contributed by atoms with Crippen molar-refractivity contribution in [3.8, 4) is 0 Å². The lowest BCUT2D eigenvalue weighted by Gasteiger charge is -2.19. The van der Waals surface area contributed by atoms with Gasteiger partial charge in [-0.25, -0.2) is 8.42 Å². The molecule has 2 aromatic rings. The molecular weight excluding hydrogens is 316 g/mol. The average Bonchev–Trinajstić information content (AvgIpc) is 2.83. The summed E-state index contributed by atoms with van der Waals surface area (Å²) in [6.45, 7) is 2.48. The first-order valence-corrected chi connectivity index (χ1v) is 8.67. The van der Waals surface area contributed by atoms with Crippen LogP contribution in [0.15, 0.2) is 40.6 Å². The van der Waals surface area contributed by atoms with Gasteiger partial charge in [-0.2, -0.15) is 4.31 Å². The normalized spacial score (nSPS) is 11.9. The van der Waals surface area contributed by atoms with Crippen molar-refractivity contribution in [2.24, 2.45) is 0 Å². The summed E-state index contributed by atoms with van der Waals surface area (Å²) in [6.07, 6.45) is 0. The van der Waals surface area contributed by atoms with Gasteiger partial charge in [-0.15, -0.1) is 11.3 Å². The molecule has 1 aromatic carbocycles. The highest BCUT2D eigenvalue weighted by atomic mass is 35.5. The molecule has 0 saturated heterocycles. The Morgan fingerprint density at radius 2 is 2.05 bits per heavy atom. The van der Waals surface area contributed by atoms with Crippen molar-refractivity contribution in [3.63, 3.8) is 0 Å². The first-order chi connectivity index (χ1) is 9.43. The van der Waals surface area contributed by atoms with E-state index in [9.17, 15) is 8.42 Å². The third-order valence-electron chi connectivity index (χ3n) is 2.81. The first kappa shape index (κ1) is 15.3. The third-order valence-corrected chi connectivity index (χ3v) is 6.42. The molecule has 0 unspecified atom stereocenters. The molecule has 0 radical (unpaired) electrons. The van der Waals surface area contributed by atoms with Gasteiger partial charge in [-0.05, 0) is 29.8 Å². The Labute approximate surface area is 127 Å². The number of hydrogen-bond donors (Lipinski definition) is 1. The molecule has 108 valence electrons. The van der Waals surface area contributed by atoms with E-state index >= 15 is 0 Å². The second kappa shape index (κ2) is 6.13. The molecule has 4 nitrogen and oxygen atoms in total. The highest BCUT2D eigenvalue weighted by Gasteiger charge is 2.24. The highest BCUT2D eigenvalue weighted by molar-refractivity contribution is 7.91. The third kappa shape index (κ3) is 3.32. The fourth-order valence-corrected chi connectivity index (χ4v) is 4.90. The SMILES string of the molecule is CCN(Cc1cccc(N)c1)S(=O)(=O)c1ccc(Cl)s1. The number of thiophene rings is 1. The van der Waals surface area contributed by atoms with Gasteiger partial charge in [0.15, 0.2) is 0 Å². The van der Waals surface area contributed by atoms with Crippen LogP contribution >= 0.6 is 22.9 Å². The Bertz CT molecular complexity index is 698. The molecule has 2 N–H and O–H groups in total. The van der Waals surface area contributed by atoms with E-state index in [-0.39, 0.29) is 4.21 Å². The Hall–Kier alpha value is -1.08. The largest absolute Gasteiger partial charge is 0.399 e. The molecule has 0 fully saturated rings. The number of halogens is 1. The quantitative estimate of drug-likeness (QED) is 0.856. The molecule has 0 aliphatic rings. The van der Waals surface area contributed by atoms with Crippen LogP contribution in [0.25, 0.3) is 0 Å². The zero-order chi connectivity index (χ0) is 14.8. The molecule has 0 atom stereocenters. The van der Waals surface area contributed by atoms with Gasteiger partial charge in [-0.3, -0.25) is 0 Å². The fraction of sp³-hybridized carbons (Fsp3) is 0.231. The van der Waals surface area contributed by atoms with Gasteiger partial charge in [0.1, 0.15) is 4.21 Å². The minimum absolute atomic E-state index is 0.258. The number of nitrogen functional groups attached to an aromatic ring is 1. The maximum absolute atomic E-state index is 12.5. The Morgan fingerprint density at radius 1 is 1.30 bits per heavy atom. The van der Waals surface area contributed by atoms with Crippen molar-refractivity contribution in [2.75, 3.05) is 12.3 Å². The van der Waals surface area contributed by atoms with Gasteiger partial charge >= 0.3 is 0 Å².